The second-order valence-corrected chi connectivity index (χ2v) is 6.77. The van der Waals surface area contributed by atoms with Gasteiger partial charge in [-0.2, -0.15) is 0 Å². The molecule has 0 radical (unpaired) electrons. The van der Waals surface area contributed by atoms with Crippen LogP contribution in [0.4, 0.5) is 0 Å². The van der Waals surface area contributed by atoms with Gasteiger partial charge in [-0.1, -0.05) is 24.3 Å². The Kier molecular flexibility index (Phi) is 6.19. The third-order valence-corrected chi connectivity index (χ3v) is 4.83. The highest BCUT2D eigenvalue weighted by Gasteiger charge is 2.27. The molecule has 1 aliphatic rings. The number of piperidine rings is 1. The fraction of sp³-hybridized carbons (Fsp3) is 0.381. The highest BCUT2D eigenvalue weighted by molar-refractivity contribution is 5.82. The largest absolute Gasteiger partial charge is 0.508 e. The van der Waals surface area contributed by atoms with E-state index in [1.165, 1.54) is 0 Å². The molecule has 0 bridgehead atoms. The van der Waals surface area contributed by atoms with E-state index in [4.69, 9.17) is 15.2 Å². The fourth-order valence-electron chi connectivity index (χ4n) is 3.30. The Hall–Kier alpha value is -2.73. The lowest BCUT2D eigenvalue weighted by Gasteiger charge is -2.33. The molecule has 0 spiro atoms. The van der Waals surface area contributed by atoms with Gasteiger partial charge in [-0.25, -0.2) is 0 Å². The molecule has 3 rings (SSSR count). The van der Waals surface area contributed by atoms with Crippen LogP contribution < -0.4 is 15.2 Å². The number of rotatable bonds is 6. The lowest BCUT2D eigenvalue weighted by atomic mass is 10.0. The Morgan fingerprint density at radius 2 is 1.78 bits per heavy atom. The molecule has 1 aliphatic heterocycles. The summed E-state index contributed by atoms with van der Waals surface area (Å²) in [7, 11) is 1.62. The minimum Gasteiger partial charge on any atom is -0.508 e. The normalized spacial score (nSPS) is 16.0. The monoisotopic (exact) mass is 370 g/mol. The number of carbonyl (C=O) groups excluding carboxylic acids is 1. The molecule has 144 valence electrons. The summed E-state index contributed by atoms with van der Waals surface area (Å²) in [5.74, 6) is 1.61. The highest BCUT2D eigenvalue weighted by atomic mass is 16.5. The van der Waals surface area contributed by atoms with Crippen molar-refractivity contribution in [3.8, 4) is 17.2 Å². The van der Waals surface area contributed by atoms with Crippen molar-refractivity contribution in [1.82, 2.24) is 4.90 Å². The summed E-state index contributed by atoms with van der Waals surface area (Å²) in [6.07, 6.45) is 2.03. The van der Waals surface area contributed by atoms with Crippen LogP contribution in [0.1, 0.15) is 18.4 Å². The molecule has 3 N–H and O–H groups in total. The van der Waals surface area contributed by atoms with Gasteiger partial charge in [0.25, 0.3) is 0 Å². The smallest absolute Gasteiger partial charge is 0.239 e. The Labute approximate surface area is 159 Å². The third-order valence-electron chi connectivity index (χ3n) is 4.83. The fourth-order valence-corrected chi connectivity index (χ4v) is 3.30. The molecule has 1 atom stereocenters. The topological polar surface area (TPSA) is 85.0 Å². The molecule has 0 aliphatic carbocycles. The number of likely N-dealkylation sites (tertiary alicyclic amines) is 1. The van der Waals surface area contributed by atoms with Crippen LogP contribution in [0.5, 0.6) is 17.2 Å². The third kappa shape index (κ3) is 4.92. The maximum absolute atomic E-state index is 12.6. The summed E-state index contributed by atoms with van der Waals surface area (Å²) >= 11 is 0. The average molecular weight is 370 g/mol. The molecular weight excluding hydrogens is 344 g/mol. The van der Waals surface area contributed by atoms with Gasteiger partial charge in [-0.3, -0.25) is 4.79 Å². The summed E-state index contributed by atoms with van der Waals surface area (Å²) in [6.45, 7) is 1.25. The average Bonchev–Trinajstić information content (AvgIpc) is 2.70. The molecule has 1 saturated heterocycles. The Balaban J connectivity index is 1.50. The van der Waals surface area contributed by atoms with Crippen molar-refractivity contribution >= 4 is 5.91 Å². The van der Waals surface area contributed by atoms with E-state index < -0.39 is 6.04 Å². The summed E-state index contributed by atoms with van der Waals surface area (Å²) in [5.41, 5.74) is 7.05. The number of benzene rings is 2. The number of nitrogens with two attached hydrogens (primary N) is 1. The number of phenolic OH excluding ortho intramolecular Hbond substituents is 1. The number of hydrogen-bond acceptors (Lipinski definition) is 5. The first kappa shape index (κ1) is 19.0. The number of methoxy groups -OCH3 is 1. The minimum absolute atomic E-state index is 0.0428. The van der Waals surface area contributed by atoms with Gasteiger partial charge >= 0.3 is 0 Å². The van der Waals surface area contributed by atoms with Crippen LogP contribution in [-0.2, 0) is 11.2 Å². The highest BCUT2D eigenvalue weighted by Crippen LogP contribution is 2.29. The zero-order valence-electron chi connectivity index (χ0n) is 15.5. The molecule has 1 fully saturated rings. The molecule has 27 heavy (non-hydrogen) atoms. The van der Waals surface area contributed by atoms with E-state index >= 15 is 0 Å². The minimum atomic E-state index is -0.582. The molecule has 0 saturated carbocycles. The predicted molar refractivity (Wildman–Crippen MR) is 103 cm³/mol. The van der Waals surface area contributed by atoms with E-state index in [0.717, 1.165) is 24.2 Å². The van der Waals surface area contributed by atoms with Gasteiger partial charge < -0.3 is 25.2 Å². The first-order chi connectivity index (χ1) is 13.1. The first-order valence-electron chi connectivity index (χ1n) is 9.19. The number of phenols is 1. The van der Waals surface area contributed by atoms with Crippen molar-refractivity contribution in [3.05, 3.63) is 54.1 Å². The molecule has 1 heterocycles. The number of aromatic hydroxyl groups is 1. The second-order valence-electron chi connectivity index (χ2n) is 6.77. The predicted octanol–water partition coefficient (Wildman–Crippen LogP) is 2.34. The number of ether oxygens (including phenoxy) is 2. The Bertz CT molecular complexity index is 755. The van der Waals surface area contributed by atoms with Crippen LogP contribution in [0.25, 0.3) is 0 Å². The van der Waals surface area contributed by atoms with E-state index in [1.54, 1.807) is 31.4 Å². The van der Waals surface area contributed by atoms with E-state index in [2.05, 4.69) is 0 Å². The van der Waals surface area contributed by atoms with Crippen molar-refractivity contribution in [3.63, 3.8) is 0 Å². The first-order valence-corrected chi connectivity index (χ1v) is 9.19. The van der Waals surface area contributed by atoms with Crippen LogP contribution in [-0.4, -0.2) is 48.3 Å². The molecule has 0 aromatic heterocycles. The van der Waals surface area contributed by atoms with Gasteiger partial charge in [0, 0.05) is 25.9 Å². The molecule has 2 aromatic rings. The van der Waals surface area contributed by atoms with Crippen LogP contribution in [0.3, 0.4) is 0 Å². The number of para-hydroxylation sites is 2. The number of carbonyl (C=O) groups is 1. The molecule has 1 amide bonds. The molecule has 0 unspecified atom stereocenters. The molecule has 2 aromatic carbocycles. The standard InChI is InChI=1S/C21H26N2O4/c1-26-19-4-2-3-5-20(19)27-17-10-12-23(13-11-17)21(25)18(22)14-15-6-8-16(24)9-7-15/h2-9,17-18,24H,10-14,22H2,1H3/t18-/m0/s1. The van der Waals surface area contributed by atoms with Crippen molar-refractivity contribution < 1.29 is 19.4 Å². The van der Waals surface area contributed by atoms with Crippen LogP contribution in [0.15, 0.2) is 48.5 Å². The quantitative estimate of drug-likeness (QED) is 0.815. The van der Waals surface area contributed by atoms with Gasteiger partial charge in [-0.15, -0.1) is 0 Å². The zero-order valence-corrected chi connectivity index (χ0v) is 15.5. The Morgan fingerprint density at radius 3 is 2.41 bits per heavy atom. The van der Waals surface area contributed by atoms with E-state index in [-0.39, 0.29) is 17.8 Å². The zero-order chi connectivity index (χ0) is 19.2. The molecule has 6 nitrogen and oxygen atoms in total. The van der Waals surface area contributed by atoms with E-state index in [1.807, 2.05) is 29.2 Å². The van der Waals surface area contributed by atoms with E-state index in [9.17, 15) is 9.90 Å². The summed E-state index contributed by atoms with van der Waals surface area (Å²) in [4.78, 5) is 14.4. The maximum Gasteiger partial charge on any atom is 0.239 e. The second kappa shape index (κ2) is 8.77. The summed E-state index contributed by atoms with van der Waals surface area (Å²) in [6, 6.07) is 13.8. The van der Waals surface area contributed by atoms with Gasteiger partial charge in [0.05, 0.1) is 13.2 Å². The van der Waals surface area contributed by atoms with E-state index in [0.29, 0.717) is 25.3 Å². The van der Waals surface area contributed by atoms with Crippen LogP contribution in [0.2, 0.25) is 0 Å². The number of nitrogens with zero attached hydrogens (tertiary/aromatic N) is 1. The van der Waals surface area contributed by atoms with Crippen LogP contribution >= 0.6 is 0 Å². The lowest BCUT2D eigenvalue weighted by Crippen LogP contribution is -2.49. The van der Waals surface area contributed by atoms with Gasteiger partial charge in [0.1, 0.15) is 11.9 Å². The van der Waals surface area contributed by atoms with Crippen molar-refractivity contribution in [1.29, 1.82) is 0 Å². The van der Waals surface area contributed by atoms with Crippen molar-refractivity contribution in [2.24, 2.45) is 5.73 Å². The SMILES string of the molecule is COc1ccccc1OC1CCN(C(=O)[C@@H](N)Cc2ccc(O)cc2)CC1. The lowest BCUT2D eigenvalue weighted by molar-refractivity contribution is -0.134. The summed E-state index contributed by atoms with van der Waals surface area (Å²) in [5, 5.41) is 9.34. The van der Waals surface area contributed by atoms with Crippen molar-refractivity contribution in [2.45, 2.75) is 31.4 Å². The Morgan fingerprint density at radius 1 is 1.15 bits per heavy atom. The summed E-state index contributed by atoms with van der Waals surface area (Å²) < 4.78 is 11.4. The number of amides is 1. The van der Waals surface area contributed by atoms with Crippen molar-refractivity contribution in [2.75, 3.05) is 20.2 Å². The van der Waals surface area contributed by atoms with Gasteiger partial charge in [0.15, 0.2) is 11.5 Å². The molecular formula is C21H26N2O4. The molecule has 6 heteroatoms. The van der Waals surface area contributed by atoms with Gasteiger partial charge in [0.2, 0.25) is 5.91 Å². The van der Waals surface area contributed by atoms with Gasteiger partial charge in [-0.05, 0) is 36.2 Å². The number of hydrogen-bond donors (Lipinski definition) is 2. The maximum atomic E-state index is 12.6. The van der Waals surface area contributed by atoms with Crippen LogP contribution in [0, 0.1) is 0 Å².